The summed E-state index contributed by atoms with van der Waals surface area (Å²) in [7, 11) is 0. The Hall–Kier alpha value is -3.91. The molecule has 7 nitrogen and oxygen atoms in total. The number of carbonyl (C=O) groups excluding carboxylic acids is 3. The van der Waals surface area contributed by atoms with Crippen molar-refractivity contribution < 1.29 is 23.5 Å². The van der Waals surface area contributed by atoms with Crippen LogP contribution in [0.2, 0.25) is 0 Å². The van der Waals surface area contributed by atoms with Gasteiger partial charge in [-0.1, -0.05) is 42.5 Å². The lowest BCUT2D eigenvalue weighted by Crippen LogP contribution is -2.53. The number of nitrogens with zero attached hydrogens (tertiary/aromatic N) is 2. The predicted octanol–water partition coefficient (Wildman–Crippen LogP) is 2.80. The molecular formula is C27H24FN3O4. The summed E-state index contributed by atoms with van der Waals surface area (Å²) in [6.45, 7) is 0.372. The maximum absolute atomic E-state index is 13.5. The van der Waals surface area contributed by atoms with Crippen LogP contribution in [-0.4, -0.2) is 58.8 Å². The van der Waals surface area contributed by atoms with Crippen LogP contribution in [0.4, 0.5) is 4.39 Å². The van der Waals surface area contributed by atoms with E-state index >= 15 is 0 Å². The van der Waals surface area contributed by atoms with Gasteiger partial charge in [0.05, 0.1) is 17.4 Å². The van der Waals surface area contributed by atoms with Crippen molar-refractivity contribution in [1.29, 1.82) is 0 Å². The fourth-order valence-electron chi connectivity index (χ4n) is 4.65. The predicted molar refractivity (Wildman–Crippen MR) is 126 cm³/mol. The highest BCUT2D eigenvalue weighted by Crippen LogP contribution is 2.28. The fraction of sp³-hybridized carbons (Fsp3) is 0.259. The Labute approximate surface area is 201 Å². The second-order valence-corrected chi connectivity index (χ2v) is 8.74. The molecule has 0 bridgehead atoms. The van der Waals surface area contributed by atoms with Crippen LogP contribution in [0.3, 0.4) is 0 Å². The van der Waals surface area contributed by atoms with Gasteiger partial charge in [-0.25, -0.2) is 4.39 Å². The lowest BCUT2D eigenvalue weighted by Gasteiger charge is -2.27. The van der Waals surface area contributed by atoms with Gasteiger partial charge in [-0.3, -0.25) is 19.4 Å². The molecule has 35 heavy (non-hydrogen) atoms. The number of benzene rings is 2. The first kappa shape index (κ1) is 22.9. The monoisotopic (exact) mass is 473 g/mol. The van der Waals surface area contributed by atoms with Crippen LogP contribution in [0.5, 0.6) is 0 Å². The largest absolute Gasteiger partial charge is 0.368 e. The number of hydrogen-bond donors (Lipinski definition) is 1. The number of likely N-dealkylation sites (tertiary alicyclic amines) is 1. The number of ether oxygens (including phenoxy) is 1. The summed E-state index contributed by atoms with van der Waals surface area (Å²) < 4.78 is 18.9. The van der Waals surface area contributed by atoms with Crippen molar-refractivity contribution in [2.45, 2.75) is 31.0 Å². The Morgan fingerprint density at radius 2 is 1.86 bits per heavy atom. The summed E-state index contributed by atoms with van der Waals surface area (Å²) in [6, 6.07) is 17.2. The van der Waals surface area contributed by atoms with Gasteiger partial charge in [-0.05, 0) is 36.2 Å². The van der Waals surface area contributed by atoms with Gasteiger partial charge in [-0.15, -0.1) is 0 Å². The van der Waals surface area contributed by atoms with E-state index in [2.05, 4.69) is 10.3 Å². The third-order valence-electron chi connectivity index (χ3n) is 6.45. The number of ketones is 1. The molecule has 178 valence electrons. The quantitative estimate of drug-likeness (QED) is 0.595. The number of halogens is 1. The highest BCUT2D eigenvalue weighted by atomic mass is 19.1. The number of hydrogen-bond acceptors (Lipinski definition) is 5. The summed E-state index contributed by atoms with van der Waals surface area (Å²) in [6.07, 6.45) is 1.90. The van der Waals surface area contributed by atoms with Crippen LogP contribution in [0.25, 0.3) is 11.3 Å². The van der Waals surface area contributed by atoms with Crippen molar-refractivity contribution in [2.75, 3.05) is 13.2 Å². The third-order valence-corrected chi connectivity index (χ3v) is 6.45. The maximum atomic E-state index is 13.5. The van der Waals surface area contributed by atoms with E-state index in [1.165, 1.54) is 23.2 Å². The van der Waals surface area contributed by atoms with Gasteiger partial charge in [0.1, 0.15) is 24.5 Å². The highest BCUT2D eigenvalue weighted by molar-refractivity contribution is 5.99. The number of Topliss-reactive ketones (excluding diaryl/α,β-unsaturated/α-hetero) is 1. The zero-order valence-electron chi connectivity index (χ0n) is 18.9. The Bertz CT molecular complexity index is 1230. The van der Waals surface area contributed by atoms with Crippen molar-refractivity contribution in [3.63, 3.8) is 0 Å². The topological polar surface area (TPSA) is 88.6 Å². The molecule has 1 aromatic heterocycles. The van der Waals surface area contributed by atoms with Gasteiger partial charge in [0.25, 0.3) is 5.91 Å². The van der Waals surface area contributed by atoms with E-state index in [1.807, 2.05) is 30.3 Å². The zero-order valence-corrected chi connectivity index (χ0v) is 18.9. The standard InChI is InChI=1S/C27H24FN3O4/c28-20-9-6-17(7-10-20)14-22(27(34)31-13-12-24-25(31)23(32)16-35-24)30-26(33)19-8-11-21(29-15-19)18-4-2-1-3-5-18/h1-11,15,22,24-25H,12-14,16H2,(H,30,33). The van der Waals surface area contributed by atoms with Gasteiger partial charge in [0, 0.05) is 24.7 Å². The lowest BCUT2D eigenvalue weighted by molar-refractivity contribution is -0.138. The van der Waals surface area contributed by atoms with Gasteiger partial charge in [-0.2, -0.15) is 0 Å². The molecule has 3 unspecified atom stereocenters. The molecule has 3 atom stereocenters. The molecule has 8 heteroatoms. The summed E-state index contributed by atoms with van der Waals surface area (Å²) in [5.41, 5.74) is 2.65. The fourth-order valence-corrected chi connectivity index (χ4v) is 4.65. The highest BCUT2D eigenvalue weighted by Gasteiger charge is 2.48. The molecule has 5 rings (SSSR count). The van der Waals surface area contributed by atoms with Crippen LogP contribution in [0.15, 0.2) is 72.9 Å². The van der Waals surface area contributed by atoms with Gasteiger partial charge >= 0.3 is 0 Å². The van der Waals surface area contributed by atoms with Crippen LogP contribution in [0, 0.1) is 5.82 Å². The molecule has 0 radical (unpaired) electrons. The Morgan fingerprint density at radius 3 is 2.57 bits per heavy atom. The summed E-state index contributed by atoms with van der Waals surface area (Å²) in [5, 5.41) is 2.81. The molecule has 2 aliphatic heterocycles. The first-order chi connectivity index (χ1) is 17.0. The molecule has 0 aliphatic carbocycles. The van der Waals surface area contributed by atoms with Crippen LogP contribution in [0.1, 0.15) is 22.3 Å². The van der Waals surface area contributed by atoms with E-state index in [-0.39, 0.29) is 36.6 Å². The van der Waals surface area contributed by atoms with Crippen molar-refractivity contribution in [2.24, 2.45) is 0 Å². The average Bonchev–Trinajstić information content (AvgIpc) is 3.48. The van der Waals surface area contributed by atoms with E-state index < -0.39 is 18.0 Å². The van der Waals surface area contributed by atoms with Gasteiger partial charge in [0.2, 0.25) is 5.91 Å². The first-order valence-electron chi connectivity index (χ1n) is 11.5. The molecule has 2 aliphatic rings. The SMILES string of the molecule is O=C(NC(Cc1ccc(F)cc1)C(=O)N1CCC2OCC(=O)C21)c1ccc(-c2ccccc2)nc1. The van der Waals surface area contributed by atoms with Gasteiger partial charge < -0.3 is 15.0 Å². The summed E-state index contributed by atoms with van der Waals surface area (Å²) in [4.78, 5) is 44.8. The molecule has 2 aromatic carbocycles. The van der Waals surface area contributed by atoms with Crippen molar-refractivity contribution in [3.05, 3.63) is 89.9 Å². The minimum Gasteiger partial charge on any atom is -0.368 e. The Kier molecular flexibility index (Phi) is 6.37. The smallest absolute Gasteiger partial charge is 0.253 e. The second kappa shape index (κ2) is 9.76. The number of rotatable bonds is 6. The molecule has 0 spiro atoms. The van der Waals surface area contributed by atoms with E-state index in [0.29, 0.717) is 24.1 Å². The molecule has 0 saturated carbocycles. The number of carbonyl (C=O) groups is 3. The molecule has 2 amide bonds. The maximum Gasteiger partial charge on any atom is 0.253 e. The Morgan fingerprint density at radius 1 is 1.09 bits per heavy atom. The number of fused-ring (bicyclic) bond motifs is 1. The van der Waals surface area contributed by atoms with Crippen molar-refractivity contribution >= 4 is 17.6 Å². The molecule has 2 fully saturated rings. The number of aromatic nitrogens is 1. The number of pyridine rings is 1. The minimum absolute atomic E-state index is 0.00642. The third kappa shape index (κ3) is 4.83. The van der Waals surface area contributed by atoms with E-state index in [4.69, 9.17) is 4.74 Å². The van der Waals surface area contributed by atoms with E-state index in [1.54, 1.807) is 24.3 Å². The molecule has 3 aromatic rings. The van der Waals surface area contributed by atoms with Crippen molar-refractivity contribution in [3.8, 4) is 11.3 Å². The van der Waals surface area contributed by atoms with Gasteiger partial charge in [0.15, 0.2) is 5.78 Å². The molecule has 2 saturated heterocycles. The minimum atomic E-state index is -0.936. The number of amides is 2. The van der Waals surface area contributed by atoms with E-state index in [0.717, 1.165) is 11.3 Å². The zero-order chi connectivity index (χ0) is 24.4. The first-order valence-corrected chi connectivity index (χ1v) is 11.5. The lowest BCUT2D eigenvalue weighted by atomic mass is 10.0. The van der Waals surface area contributed by atoms with Crippen molar-refractivity contribution in [1.82, 2.24) is 15.2 Å². The molecule has 3 heterocycles. The van der Waals surface area contributed by atoms with Crippen LogP contribution in [-0.2, 0) is 20.7 Å². The molecule has 1 N–H and O–H groups in total. The Balaban J connectivity index is 1.36. The average molecular weight is 474 g/mol. The summed E-state index contributed by atoms with van der Waals surface area (Å²) >= 11 is 0. The van der Waals surface area contributed by atoms with E-state index in [9.17, 15) is 18.8 Å². The van der Waals surface area contributed by atoms with Crippen LogP contribution >= 0.6 is 0 Å². The second-order valence-electron chi connectivity index (χ2n) is 8.74. The summed E-state index contributed by atoms with van der Waals surface area (Å²) in [5.74, 6) is -1.33. The normalized spacial score (nSPS) is 19.9. The number of nitrogens with one attached hydrogen (secondary N) is 1. The molecular weight excluding hydrogens is 449 g/mol. The van der Waals surface area contributed by atoms with Crippen LogP contribution < -0.4 is 5.32 Å².